The number of methoxy groups -OCH3 is 3. The van der Waals surface area contributed by atoms with Gasteiger partial charge in [0.25, 0.3) is 10.0 Å². The Kier molecular flexibility index (Phi) is 16.3. The van der Waals surface area contributed by atoms with Gasteiger partial charge < -0.3 is 24.0 Å². The lowest BCUT2D eigenvalue weighted by Crippen LogP contribution is -2.36. The number of fused-ring (bicyclic) bond motifs is 3. The molecule has 0 atom stereocenters. The van der Waals surface area contributed by atoms with Gasteiger partial charge in [0, 0.05) is 107 Å². The lowest BCUT2D eigenvalue weighted by atomic mass is 10.0. The number of halogens is 4. The monoisotopic (exact) mass is 1100 g/mol. The number of sulfonamides is 1. The van der Waals surface area contributed by atoms with Crippen LogP contribution in [0.5, 0.6) is 5.75 Å². The van der Waals surface area contributed by atoms with Crippen molar-refractivity contribution >= 4 is 115 Å². The van der Waals surface area contributed by atoms with Gasteiger partial charge in [-0.25, -0.2) is 13.4 Å². The topological polar surface area (TPSA) is 132 Å². The van der Waals surface area contributed by atoms with Crippen LogP contribution >= 0.6 is 55.1 Å². The van der Waals surface area contributed by atoms with E-state index < -0.39 is 10.0 Å². The number of hydrogen-bond donors (Lipinski definition) is 1. The summed E-state index contributed by atoms with van der Waals surface area (Å²) in [4.78, 5) is 22.3. The molecule has 4 aromatic carbocycles. The van der Waals surface area contributed by atoms with Crippen molar-refractivity contribution in [3.05, 3.63) is 147 Å². The van der Waals surface area contributed by atoms with Crippen LogP contribution in [-0.2, 0) is 19.5 Å². The summed E-state index contributed by atoms with van der Waals surface area (Å²) in [5, 5.41) is 4.01. The van der Waals surface area contributed by atoms with Crippen LogP contribution in [0.15, 0.2) is 142 Å². The minimum Gasteiger partial charge on any atom is -0.497 e. The molecule has 2 aliphatic heterocycles. The molecule has 0 bridgehead atoms. The number of hydrogen-bond acceptors (Lipinski definition) is 11. The maximum atomic E-state index is 13.0. The van der Waals surface area contributed by atoms with Crippen LogP contribution in [0, 0.1) is 0 Å². The Balaban J connectivity index is 0.000000165. The number of aromatic nitrogens is 4. The Morgan fingerprint density at radius 2 is 1.09 bits per heavy atom. The average molecular weight is 1100 g/mol. The molecular weight excluding hydrogens is 1050 g/mol. The molecule has 0 amide bonds. The summed E-state index contributed by atoms with van der Waals surface area (Å²) < 4.78 is 46.7. The van der Waals surface area contributed by atoms with E-state index in [1.807, 2.05) is 54.9 Å². The van der Waals surface area contributed by atoms with Crippen molar-refractivity contribution in [2.75, 3.05) is 62.0 Å². The smallest absolute Gasteiger partial charge is 0.261 e. The maximum absolute atomic E-state index is 13.0. The number of anilines is 3. The van der Waals surface area contributed by atoms with E-state index >= 15 is 0 Å². The first-order valence-corrected chi connectivity index (χ1v) is 25.8. The minimum atomic E-state index is -3.88. The van der Waals surface area contributed by atoms with E-state index in [0.717, 1.165) is 110 Å². The summed E-state index contributed by atoms with van der Waals surface area (Å²) >= 11 is 19.2. The highest BCUT2D eigenvalue weighted by atomic mass is 79.9. The van der Waals surface area contributed by atoms with Crippen molar-refractivity contribution < 1.29 is 22.6 Å². The molecule has 17 heteroatoms. The summed E-state index contributed by atoms with van der Waals surface area (Å²) in [5.74, 6) is 0.564. The molecular formula is C51H49Br2Cl2N7O5S. The lowest BCUT2D eigenvalue weighted by molar-refractivity contribution is 0.0818. The van der Waals surface area contributed by atoms with Gasteiger partial charge in [0.2, 0.25) is 0 Å². The molecule has 0 saturated carbocycles. The molecule has 2 saturated heterocycles. The van der Waals surface area contributed by atoms with Gasteiger partial charge in [-0.15, -0.1) is 0 Å². The number of pyridine rings is 4. The van der Waals surface area contributed by atoms with Gasteiger partial charge in [0.15, 0.2) is 5.15 Å². The van der Waals surface area contributed by atoms with Gasteiger partial charge in [0.05, 0.1) is 51.5 Å². The van der Waals surface area contributed by atoms with Crippen LogP contribution in [-0.4, -0.2) is 88.1 Å². The van der Waals surface area contributed by atoms with Crippen LogP contribution in [0.4, 0.5) is 17.1 Å². The predicted molar refractivity (Wildman–Crippen MR) is 282 cm³/mol. The summed E-state index contributed by atoms with van der Waals surface area (Å²) in [6.45, 7) is 3.90. The van der Waals surface area contributed by atoms with Gasteiger partial charge in [-0.05, 0) is 128 Å². The molecule has 0 radical (unpaired) electrons. The standard InChI is InChI=1S/C27H27ClN4O4S.C15H17BrN2O.C9H5BrClN/c1-35-20-4-6-22(7-5-20)37(33,34)31-25-16-19(17-30-27(25)28)18-3-8-24-23(15-18)26(9-12-29-24)32-13-10-21(36-2)11-14-32;1-19-12-5-8-18(9-6-12)15-4-7-17-14-3-2-11(16)10-13(14)15;10-6-1-2-9-7(5-6)8(11)3-4-12-9/h3-9,12,15-17,21,31H,10-11,13-14H2,1-2H3;2-4,7,10,12H,5-6,8-9H2,1H3;1-5H. The quantitative estimate of drug-likeness (QED) is 0.139. The van der Waals surface area contributed by atoms with Gasteiger partial charge in [0.1, 0.15) is 5.75 Å². The highest BCUT2D eigenvalue weighted by Gasteiger charge is 2.23. The first-order chi connectivity index (χ1) is 32.9. The van der Waals surface area contributed by atoms with E-state index in [-0.39, 0.29) is 15.7 Å². The van der Waals surface area contributed by atoms with E-state index in [1.165, 1.54) is 30.3 Å². The number of nitrogens with one attached hydrogen (secondary N) is 1. The van der Waals surface area contributed by atoms with Crippen molar-refractivity contribution in [1.82, 2.24) is 19.9 Å². The molecule has 10 rings (SSSR count). The van der Waals surface area contributed by atoms with Gasteiger partial charge in [-0.1, -0.05) is 61.1 Å². The van der Waals surface area contributed by atoms with E-state index in [1.54, 1.807) is 50.9 Å². The predicted octanol–water partition coefficient (Wildman–Crippen LogP) is 12.6. The van der Waals surface area contributed by atoms with Crippen LogP contribution < -0.4 is 19.3 Å². The van der Waals surface area contributed by atoms with Crippen molar-refractivity contribution in [1.29, 1.82) is 0 Å². The number of nitrogens with zero attached hydrogens (tertiary/aromatic N) is 6. The number of piperidine rings is 2. The second-order valence-corrected chi connectivity index (χ2v) is 20.5. The van der Waals surface area contributed by atoms with Crippen molar-refractivity contribution in [3.8, 4) is 16.9 Å². The second-order valence-electron chi connectivity index (χ2n) is 16.2. The summed E-state index contributed by atoms with van der Waals surface area (Å²) in [6, 6.07) is 31.8. The molecule has 8 aromatic rings. The Hall–Kier alpha value is -5.13. The number of ether oxygens (including phenoxy) is 3. The van der Waals surface area contributed by atoms with Gasteiger partial charge in [-0.3, -0.25) is 19.7 Å². The Labute approximate surface area is 423 Å². The first kappa shape index (κ1) is 49.3. The molecule has 0 spiro atoms. The lowest BCUT2D eigenvalue weighted by Gasteiger charge is -2.33. The molecule has 0 unspecified atom stereocenters. The minimum absolute atomic E-state index is 0.0602. The highest BCUT2D eigenvalue weighted by molar-refractivity contribution is 9.10. The van der Waals surface area contributed by atoms with Crippen LogP contribution in [0.3, 0.4) is 0 Å². The molecule has 0 aliphatic carbocycles. The molecule has 6 heterocycles. The SMILES string of the molecule is COC1CCN(c2ccnc3ccc(Br)cc23)CC1.COc1ccc(S(=O)(=O)Nc2cc(-c3ccc4nccc(N5CCC(OC)CC5)c4c3)cnc2Cl)cc1.Clc1ccnc2ccc(Br)cc12. The van der Waals surface area contributed by atoms with Crippen LogP contribution in [0.2, 0.25) is 10.2 Å². The summed E-state index contributed by atoms with van der Waals surface area (Å²) in [6.07, 6.45) is 11.9. The third-order valence-corrected chi connectivity index (χ3v) is 15.1. The van der Waals surface area contributed by atoms with Crippen LogP contribution in [0.1, 0.15) is 25.7 Å². The molecule has 4 aromatic heterocycles. The third-order valence-electron chi connectivity index (χ3n) is 12.1. The van der Waals surface area contributed by atoms with E-state index in [0.29, 0.717) is 18.0 Å². The van der Waals surface area contributed by atoms with Gasteiger partial charge in [-0.2, -0.15) is 0 Å². The maximum Gasteiger partial charge on any atom is 0.261 e. The van der Waals surface area contributed by atoms with E-state index in [4.69, 9.17) is 37.4 Å². The molecule has 352 valence electrons. The average Bonchev–Trinajstić information content (AvgIpc) is 3.37. The van der Waals surface area contributed by atoms with E-state index in [9.17, 15) is 8.42 Å². The fourth-order valence-electron chi connectivity index (χ4n) is 8.35. The molecule has 68 heavy (non-hydrogen) atoms. The number of rotatable bonds is 9. The van der Waals surface area contributed by atoms with Crippen LogP contribution in [0.25, 0.3) is 43.8 Å². The highest BCUT2D eigenvalue weighted by Crippen LogP contribution is 2.35. The number of benzene rings is 4. The molecule has 2 fully saturated rings. The van der Waals surface area contributed by atoms with Crippen molar-refractivity contribution in [3.63, 3.8) is 0 Å². The van der Waals surface area contributed by atoms with E-state index in [2.05, 4.69) is 90.6 Å². The third kappa shape index (κ3) is 11.8. The fourth-order valence-corrected chi connectivity index (χ4v) is 10.5. The van der Waals surface area contributed by atoms with Gasteiger partial charge >= 0.3 is 0 Å². The normalized spacial score (nSPS) is 14.6. The fraction of sp³-hybridized carbons (Fsp3) is 0.255. The Bertz CT molecular complexity index is 3140. The zero-order chi connectivity index (χ0) is 47.8. The molecule has 12 nitrogen and oxygen atoms in total. The largest absolute Gasteiger partial charge is 0.497 e. The summed E-state index contributed by atoms with van der Waals surface area (Å²) in [5.41, 5.74) is 7.06. The van der Waals surface area contributed by atoms with Crippen molar-refractivity contribution in [2.24, 2.45) is 0 Å². The second kappa shape index (κ2) is 22.5. The summed E-state index contributed by atoms with van der Waals surface area (Å²) in [7, 11) is 1.21. The van der Waals surface area contributed by atoms with Crippen molar-refractivity contribution in [2.45, 2.75) is 42.8 Å². The molecule has 1 N–H and O–H groups in total. The first-order valence-electron chi connectivity index (χ1n) is 21.9. The molecule has 2 aliphatic rings. The zero-order valence-corrected chi connectivity index (χ0v) is 43.1. The zero-order valence-electron chi connectivity index (χ0n) is 37.6. The Morgan fingerprint density at radius 3 is 1.63 bits per heavy atom. The Morgan fingerprint density at radius 1 is 0.588 bits per heavy atom.